The highest BCUT2D eigenvalue weighted by Crippen LogP contribution is 2.54. The van der Waals surface area contributed by atoms with Crippen molar-refractivity contribution in [1.82, 2.24) is 34.5 Å². The summed E-state index contributed by atoms with van der Waals surface area (Å²) in [6, 6.07) is 21.8. The number of aromatic nitrogens is 4. The van der Waals surface area contributed by atoms with Crippen molar-refractivity contribution in [2.24, 2.45) is 11.3 Å². The van der Waals surface area contributed by atoms with Gasteiger partial charge in [0.15, 0.2) is 22.3 Å². The van der Waals surface area contributed by atoms with E-state index >= 15 is 0 Å². The Labute approximate surface area is 483 Å². The molecule has 4 saturated heterocycles. The summed E-state index contributed by atoms with van der Waals surface area (Å²) < 4.78 is 59.7. The van der Waals surface area contributed by atoms with Crippen molar-refractivity contribution in [3.8, 4) is 17.5 Å². The lowest BCUT2D eigenvalue weighted by Gasteiger charge is -2.58. The number of anilines is 5. The maximum Gasteiger partial charge on any atom is 0.300 e. The van der Waals surface area contributed by atoms with Crippen LogP contribution >= 0.6 is 0 Å². The fraction of sp³-hybridized carbons (Fsp3) is 0.500. The molecule has 0 bridgehead atoms. The Morgan fingerprint density at radius 2 is 1.67 bits per heavy atom. The molecule has 0 radical (unpaired) electrons. The number of carbonyl (C=O) groups excluding carboxylic acids is 1. The number of benzene rings is 2. The monoisotopic (exact) mass is 1150 g/mol. The number of fused-ring (bicyclic) bond motifs is 3. The number of ether oxygens (including phenoxy) is 5. The number of methoxy groups -OCH3 is 1. The number of nitrogens with one attached hydrogen (secondary N) is 3. The molecule has 0 unspecified atom stereocenters. The number of carbonyl (C=O) groups is 1. The van der Waals surface area contributed by atoms with E-state index in [1.54, 1.807) is 19.4 Å². The number of rotatable bonds is 14. The molecule has 1 amide bonds. The molecule has 1 aliphatic carbocycles. The Morgan fingerprint density at radius 1 is 0.880 bits per heavy atom. The molecule has 23 heteroatoms. The molecule has 3 N–H and O–H groups in total. The highest BCUT2D eigenvalue weighted by Gasteiger charge is 2.50. The van der Waals surface area contributed by atoms with Gasteiger partial charge in [0.1, 0.15) is 24.5 Å². The van der Waals surface area contributed by atoms with Crippen LogP contribution in [0.1, 0.15) is 91.4 Å². The number of amides is 1. The third-order valence-electron chi connectivity index (χ3n) is 18.4. The van der Waals surface area contributed by atoms with Crippen molar-refractivity contribution in [2.45, 2.75) is 88.0 Å². The summed E-state index contributed by atoms with van der Waals surface area (Å²) in [5, 5.41) is 15.8. The van der Waals surface area contributed by atoms with Gasteiger partial charge >= 0.3 is 5.69 Å². The Kier molecular flexibility index (Phi) is 15.0. The molecule has 7 aliphatic rings. The van der Waals surface area contributed by atoms with Gasteiger partial charge in [0, 0.05) is 101 Å². The second-order valence-corrected chi connectivity index (χ2v) is 25.2. The molecule has 13 rings (SSSR count). The lowest BCUT2D eigenvalue weighted by molar-refractivity contribution is -0.384. The van der Waals surface area contributed by atoms with Crippen molar-refractivity contribution in [1.29, 1.82) is 0 Å². The van der Waals surface area contributed by atoms with Crippen LogP contribution in [0.5, 0.6) is 17.5 Å². The van der Waals surface area contributed by atoms with Crippen LogP contribution < -0.4 is 38.9 Å². The number of H-pyrrole nitrogens is 1. The second-order valence-electron chi connectivity index (χ2n) is 23.6. The normalized spacial score (nSPS) is 21.6. The first-order valence-electron chi connectivity index (χ1n) is 29.2. The SMILES string of the molecule is COc1cc(CN2CCN(C3CC4(CCN(c5ccc(C(=O)NS(=O)(=O)c6cc([N+](=O)[O-])c7c(n6)OC[C@@H](C6CCOCC6)N7)c(N6CCOc7nc8[nH]ccc8cc76)c5)CC4)C3)[C@@H](c3ccccc3C(C)C)C2)cnc1N1CCOCC1. The molecule has 438 valence electrons. The van der Waals surface area contributed by atoms with Gasteiger partial charge in [0.05, 0.1) is 55.2 Å². The quantitative estimate of drug-likeness (QED) is 0.0697. The summed E-state index contributed by atoms with van der Waals surface area (Å²) in [4.78, 5) is 55.5. The smallest absolute Gasteiger partial charge is 0.300 e. The average molecular weight is 1150 g/mol. The lowest BCUT2D eigenvalue weighted by Crippen LogP contribution is -2.60. The maximum atomic E-state index is 14.6. The molecule has 2 aromatic carbocycles. The van der Waals surface area contributed by atoms with Gasteiger partial charge in [0.2, 0.25) is 11.8 Å². The van der Waals surface area contributed by atoms with E-state index in [1.807, 2.05) is 35.4 Å². The maximum absolute atomic E-state index is 14.6. The number of piperazine rings is 1. The molecular formula is C60H72N12O10S. The number of aromatic amines is 1. The van der Waals surface area contributed by atoms with Crippen LogP contribution in [0.3, 0.4) is 0 Å². The molecule has 6 aliphatic heterocycles. The van der Waals surface area contributed by atoms with Crippen molar-refractivity contribution in [3.05, 3.63) is 111 Å². The van der Waals surface area contributed by atoms with Crippen LogP contribution in [0.4, 0.5) is 34.3 Å². The standard InChI is InChI=1S/C60H72N12O10S/c1-38(2)44-6-4-5-7-45(44)51-36-67(35-39-28-52(78-3)56(62-34-39)69-20-25-80-26-21-69)18-19-70(51)43-32-60(33-43)13-16-68(17-14-60)42-8-9-46(48(30-42)71-22-27-81-58-50(71)29-41-10-15-61-55(41)65-58)57(73)66-83(76,77)53-31-49(72(74)75)54-59(64-53)82-37-47(63-54)40-11-23-79-24-12-40/h4-10,15,28-31,34,38,40,43,47,51,63H,11-14,16-27,32-33,35-37H2,1-3H3,(H,61,65)(H,66,73)/t47-,51+/m0/s1. The molecule has 83 heavy (non-hydrogen) atoms. The highest BCUT2D eigenvalue weighted by molar-refractivity contribution is 7.90. The van der Waals surface area contributed by atoms with Crippen molar-refractivity contribution < 1.29 is 41.8 Å². The van der Waals surface area contributed by atoms with Gasteiger partial charge in [-0.05, 0) is 109 Å². The van der Waals surface area contributed by atoms with Crippen molar-refractivity contribution in [3.63, 3.8) is 0 Å². The minimum Gasteiger partial charge on any atom is -0.493 e. The average Bonchev–Trinajstić information content (AvgIpc) is 4.12. The predicted molar refractivity (Wildman–Crippen MR) is 313 cm³/mol. The first kappa shape index (κ1) is 54.9. The van der Waals surface area contributed by atoms with E-state index in [9.17, 15) is 23.3 Å². The summed E-state index contributed by atoms with van der Waals surface area (Å²) in [6.45, 7) is 14.6. The van der Waals surface area contributed by atoms with E-state index in [0.717, 1.165) is 125 Å². The first-order valence-corrected chi connectivity index (χ1v) is 30.7. The number of morpholine rings is 1. The largest absolute Gasteiger partial charge is 0.493 e. The van der Waals surface area contributed by atoms with E-state index < -0.39 is 31.6 Å². The van der Waals surface area contributed by atoms with Crippen LogP contribution in [0.2, 0.25) is 0 Å². The van der Waals surface area contributed by atoms with Gasteiger partial charge < -0.3 is 48.7 Å². The first-order chi connectivity index (χ1) is 40.3. The van der Waals surface area contributed by atoms with E-state index in [4.69, 9.17) is 33.7 Å². The minimum atomic E-state index is -4.79. The number of hydrogen-bond donors (Lipinski definition) is 3. The zero-order valence-corrected chi connectivity index (χ0v) is 48.1. The van der Waals surface area contributed by atoms with Gasteiger partial charge in [-0.3, -0.25) is 24.7 Å². The van der Waals surface area contributed by atoms with Crippen LogP contribution in [-0.4, -0.2) is 160 Å². The Balaban J connectivity index is 0.728. The highest BCUT2D eigenvalue weighted by atomic mass is 32.2. The van der Waals surface area contributed by atoms with E-state index in [0.29, 0.717) is 67.8 Å². The summed E-state index contributed by atoms with van der Waals surface area (Å²) >= 11 is 0. The number of nitrogens with zero attached hydrogens (tertiary/aromatic N) is 9. The molecule has 6 aromatic rings. The van der Waals surface area contributed by atoms with Crippen LogP contribution in [-0.2, 0) is 26.0 Å². The van der Waals surface area contributed by atoms with Crippen LogP contribution in [0, 0.1) is 21.4 Å². The Bertz CT molecular complexity index is 3520. The Morgan fingerprint density at radius 3 is 2.46 bits per heavy atom. The Hall–Kier alpha value is -7.31. The predicted octanol–water partition coefficient (Wildman–Crippen LogP) is 7.79. The number of piperidine rings is 1. The molecule has 2 atom stereocenters. The number of sulfonamides is 1. The van der Waals surface area contributed by atoms with E-state index in [2.05, 4.69) is 83.8 Å². The fourth-order valence-corrected chi connectivity index (χ4v) is 14.8. The zero-order chi connectivity index (χ0) is 57.0. The third-order valence-corrected chi connectivity index (χ3v) is 19.6. The van der Waals surface area contributed by atoms with Gasteiger partial charge in [-0.2, -0.15) is 18.4 Å². The summed E-state index contributed by atoms with van der Waals surface area (Å²) in [6.07, 6.45) is 9.57. The lowest BCUT2D eigenvalue weighted by atomic mass is 9.59. The molecule has 4 aromatic heterocycles. The fourth-order valence-electron chi connectivity index (χ4n) is 13.9. The van der Waals surface area contributed by atoms with Crippen molar-refractivity contribution >= 4 is 61.2 Å². The number of hydrogen-bond acceptors (Lipinski definition) is 19. The summed E-state index contributed by atoms with van der Waals surface area (Å²) in [5.74, 6) is 1.42. The molecular weight excluding hydrogens is 1080 g/mol. The third kappa shape index (κ3) is 10.9. The molecule has 1 spiro atoms. The van der Waals surface area contributed by atoms with Gasteiger partial charge in [-0.25, -0.2) is 9.71 Å². The molecule has 5 fully saturated rings. The van der Waals surface area contributed by atoms with Gasteiger partial charge in [-0.1, -0.05) is 38.1 Å². The molecule has 22 nitrogen and oxygen atoms in total. The van der Waals surface area contributed by atoms with Gasteiger partial charge in [0.25, 0.3) is 15.9 Å². The zero-order valence-electron chi connectivity index (χ0n) is 47.3. The summed E-state index contributed by atoms with van der Waals surface area (Å²) in [5.41, 5.74) is 6.33. The van der Waals surface area contributed by atoms with E-state index in [-0.39, 0.29) is 53.8 Å². The van der Waals surface area contributed by atoms with Crippen LogP contribution in [0.15, 0.2) is 84.1 Å². The molecule has 10 heterocycles. The van der Waals surface area contributed by atoms with E-state index in [1.165, 1.54) is 11.1 Å². The molecule has 1 saturated carbocycles. The topological polar surface area (TPSA) is 235 Å². The number of pyridine rings is 3. The van der Waals surface area contributed by atoms with Crippen LogP contribution in [0.25, 0.3) is 11.0 Å². The van der Waals surface area contributed by atoms with Gasteiger partial charge in [-0.15, -0.1) is 0 Å². The minimum absolute atomic E-state index is 0.00188. The second kappa shape index (κ2) is 22.7. The summed E-state index contributed by atoms with van der Waals surface area (Å²) in [7, 11) is -3.06. The van der Waals surface area contributed by atoms with Crippen molar-refractivity contribution in [2.75, 3.05) is 119 Å². The number of nitro groups is 1.